The van der Waals surface area contributed by atoms with E-state index in [0.717, 1.165) is 0 Å². The van der Waals surface area contributed by atoms with Gasteiger partial charge in [-0.2, -0.15) is 0 Å². The van der Waals surface area contributed by atoms with Gasteiger partial charge in [-0.1, -0.05) is 0 Å². The van der Waals surface area contributed by atoms with Gasteiger partial charge < -0.3 is 25.6 Å². The highest BCUT2D eigenvalue weighted by Gasteiger charge is 2.39. The van der Waals surface area contributed by atoms with Gasteiger partial charge in [0.1, 0.15) is 5.75 Å². The van der Waals surface area contributed by atoms with Gasteiger partial charge in [0.25, 0.3) is 5.91 Å². The first kappa shape index (κ1) is 20.4. The molecule has 9 nitrogen and oxygen atoms in total. The fourth-order valence-electron chi connectivity index (χ4n) is 1.89. The maximum Gasteiger partial charge on any atom is 0.303 e. The van der Waals surface area contributed by atoms with E-state index in [1.807, 2.05) is 0 Å². The van der Waals surface area contributed by atoms with Crippen LogP contribution >= 0.6 is 0 Å². The lowest BCUT2D eigenvalue weighted by atomic mass is 10.1. The van der Waals surface area contributed by atoms with Crippen LogP contribution in [0.1, 0.15) is 19.8 Å². The standard InChI is InChI=1S/C16H23N3O6/c1-11(21)16(17,15(24)18-8-9-20)19-12-4-6-13(7-5-12)25-10-2-3-14(22)23/h4-7,19-20H,2-3,8-10,17H2,1H3,(H,18,24)(H,22,23). The number of carbonyl (C=O) groups is 3. The molecule has 1 rings (SSSR count). The number of Topliss-reactive ketones (excluding diaryl/α,β-unsaturated/α-hetero) is 1. The SMILES string of the molecule is CC(=O)C(N)(Nc1ccc(OCCCC(=O)O)cc1)C(=O)NCCO. The van der Waals surface area contributed by atoms with Gasteiger partial charge in [-0.15, -0.1) is 0 Å². The second-order valence-electron chi connectivity index (χ2n) is 5.34. The number of ether oxygens (including phenoxy) is 1. The Balaban J connectivity index is 2.68. The highest BCUT2D eigenvalue weighted by Crippen LogP contribution is 2.19. The molecular formula is C16H23N3O6. The average molecular weight is 353 g/mol. The Morgan fingerprint density at radius 2 is 1.88 bits per heavy atom. The molecule has 0 fully saturated rings. The number of aliphatic hydroxyl groups is 1. The maximum absolute atomic E-state index is 12.1. The number of nitrogens with two attached hydrogens (primary N) is 1. The zero-order chi connectivity index (χ0) is 18.9. The smallest absolute Gasteiger partial charge is 0.303 e. The van der Waals surface area contributed by atoms with E-state index in [4.69, 9.17) is 20.7 Å². The Kier molecular flexibility index (Phi) is 7.83. The molecule has 138 valence electrons. The first-order valence-electron chi connectivity index (χ1n) is 7.71. The van der Waals surface area contributed by atoms with Crippen molar-refractivity contribution < 1.29 is 29.3 Å². The molecule has 0 aliphatic heterocycles. The summed E-state index contributed by atoms with van der Waals surface area (Å²) in [6.07, 6.45) is 0.410. The molecule has 1 aromatic carbocycles. The van der Waals surface area contributed by atoms with Crippen LogP contribution in [0.2, 0.25) is 0 Å². The Morgan fingerprint density at radius 3 is 2.40 bits per heavy atom. The Labute approximate surface area is 145 Å². The van der Waals surface area contributed by atoms with Gasteiger partial charge in [0.2, 0.25) is 5.66 Å². The molecule has 1 aromatic rings. The second kappa shape index (κ2) is 9.60. The number of nitrogens with one attached hydrogen (secondary N) is 2. The zero-order valence-corrected chi connectivity index (χ0v) is 13.9. The first-order valence-corrected chi connectivity index (χ1v) is 7.71. The quantitative estimate of drug-likeness (QED) is 0.206. The number of benzene rings is 1. The lowest BCUT2D eigenvalue weighted by Crippen LogP contribution is -2.64. The molecule has 0 heterocycles. The monoisotopic (exact) mass is 353 g/mol. The van der Waals surface area contributed by atoms with Gasteiger partial charge in [0, 0.05) is 18.7 Å². The van der Waals surface area contributed by atoms with Crippen molar-refractivity contribution in [2.75, 3.05) is 25.1 Å². The van der Waals surface area contributed by atoms with Crippen LogP contribution in [0.3, 0.4) is 0 Å². The van der Waals surface area contributed by atoms with Gasteiger partial charge in [0.15, 0.2) is 5.78 Å². The van der Waals surface area contributed by atoms with E-state index in [1.54, 1.807) is 24.3 Å². The fraction of sp³-hybridized carbons (Fsp3) is 0.438. The Morgan fingerprint density at radius 1 is 1.24 bits per heavy atom. The highest BCUT2D eigenvalue weighted by atomic mass is 16.5. The molecule has 1 unspecified atom stereocenters. The molecule has 0 aliphatic rings. The number of amides is 1. The second-order valence-corrected chi connectivity index (χ2v) is 5.34. The van der Waals surface area contributed by atoms with Crippen LogP contribution < -0.4 is 21.1 Å². The predicted octanol–water partition coefficient (Wildman–Crippen LogP) is -0.305. The molecule has 0 saturated heterocycles. The number of ketones is 1. The molecular weight excluding hydrogens is 330 g/mol. The molecule has 0 radical (unpaired) electrons. The molecule has 1 atom stereocenters. The Bertz CT molecular complexity index is 604. The summed E-state index contributed by atoms with van der Waals surface area (Å²) in [5.74, 6) is -1.70. The number of aliphatic carboxylic acids is 1. The number of carboxylic acids is 1. The summed E-state index contributed by atoms with van der Waals surface area (Å²) in [5, 5.41) is 22.3. The van der Waals surface area contributed by atoms with Gasteiger partial charge in [-0.25, -0.2) is 0 Å². The van der Waals surface area contributed by atoms with Crippen molar-refractivity contribution >= 4 is 23.3 Å². The lowest BCUT2D eigenvalue weighted by molar-refractivity contribution is -0.137. The van der Waals surface area contributed by atoms with Gasteiger partial charge >= 0.3 is 5.97 Å². The molecule has 6 N–H and O–H groups in total. The van der Waals surface area contributed by atoms with Crippen LogP contribution in [-0.4, -0.2) is 53.3 Å². The summed E-state index contributed by atoms with van der Waals surface area (Å²) < 4.78 is 5.39. The third-order valence-corrected chi connectivity index (χ3v) is 3.31. The summed E-state index contributed by atoms with van der Waals surface area (Å²) in [4.78, 5) is 34.3. The number of anilines is 1. The number of carboxylic acid groups (broad SMARTS) is 1. The number of carbonyl (C=O) groups excluding carboxylic acids is 2. The summed E-state index contributed by atoms with van der Waals surface area (Å²) in [5.41, 5.74) is 4.35. The first-order chi connectivity index (χ1) is 11.8. The van der Waals surface area contributed by atoms with Crippen molar-refractivity contribution in [3.8, 4) is 5.75 Å². The van der Waals surface area contributed by atoms with Crippen LogP contribution in [0, 0.1) is 0 Å². The number of hydrogen-bond donors (Lipinski definition) is 5. The molecule has 0 saturated carbocycles. The van der Waals surface area contributed by atoms with Crippen LogP contribution in [0.25, 0.3) is 0 Å². The van der Waals surface area contributed by atoms with Crippen molar-refractivity contribution in [1.82, 2.24) is 5.32 Å². The van der Waals surface area contributed by atoms with E-state index in [1.165, 1.54) is 6.92 Å². The van der Waals surface area contributed by atoms with Crippen molar-refractivity contribution in [1.29, 1.82) is 0 Å². The Hall–Kier alpha value is -2.65. The third kappa shape index (κ3) is 6.40. The van der Waals surface area contributed by atoms with E-state index < -0.39 is 23.3 Å². The number of aliphatic hydroxyl groups excluding tert-OH is 1. The van der Waals surface area contributed by atoms with Crippen LogP contribution in [0.4, 0.5) is 5.69 Å². The van der Waals surface area contributed by atoms with Crippen LogP contribution in [-0.2, 0) is 14.4 Å². The molecule has 0 aliphatic carbocycles. The topological polar surface area (TPSA) is 151 Å². The van der Waals surface area contributed by atoms with Crippen LogP contribution in [0.15, 0.2) is 24.3 Å². The van der Waals surface area contributed by atoms with Crippen molar-refractivity contribution in [2.24, 2.45) is 5.73 Å². The minimum atomic E-state index is -1.96. The molecule has 1 amide bonds. The van der Waals surface area contributed by atoms with E-state index in [0.29, 0.717) is 17.9 Å². The minimum absolute atomic E-state index is 0.0180. The molecule has 0 bridgehead atoms. The number of hydrogen-bond acceptors (Lipinski definition) is 7. The summed E-state index contributed by atoms with van der Waals surface area (Å²) in [6, 6.07) is 6.37. The summed E-state index contributed by atoms with van der Waals surface area (Å²) in [7, 11) is 0. The van der Waals surface area contributed by atoms with E-state index >= 15 is 0 Å². The molecule has 0 spiro atoms. The highest BCUT2D eigenvalue weighted by molar-refractivity contribution is 6.11. The average Bonchev–Trinajstić information content (AvgIpc) is 2.57. The molecule has 0 aromatic heterocycles. The van der Waals surface area contributed by atoms with Crippen molar-refractivity contribution in [2.45, 2.75) is 25.4 Å². The predicted molar refractivity (Wildman–Crippen MR) is 90.1 cm³/mol. The van der Waals surface area contributed by atoms with Gasteiger partial charge in [0.05, 0.1) is 13.2 Å². The minimum Gasteiger partial charge on any atom is -0.494 e. The maximum atomic E-state index is 12.1. The lowest BCUT2D eigenvalue weighted by Gasteiger charge is -2.27. The van der Waals surface area contributed by atoms with Crippen molar-refractivity contribution in [3.63, 3.8) is 0 Å². The third-order valence-electron chi connectivity index (χ3n) is 3.31. The largest absolute Gasteiger partial charge is 0.494 e. The molecule has 25 heavy (non-hydrogen) atoms. The normalized spacial score (nSPS) is 12.8. The van der Waals surface area contributed by atoms with E-state index in [9.17, 15) is 14.4 Å². The molecule has 9 heteroatoms. The van der Waals surface area contributed by atoms with Crippen LogP contribution in [0.5, 0.6) is 5.75 Å². The summed E-state index contributed by atoms with van der Waals surface area (Å²) in [6.45, 7) is 1.16. The van der Waals surface area contributed by atoms with E-state index in [2.05, 4.69) is 10.6 Å². The van der Waals surface area contributed by atoms with Crippen molar-refractivity contribution in [3.05, 3.63) is 24.3 Å². The van der Waals surface area contributed by atoms with E-state index in [-0.39, 0.29) is 26.2 Å². The fourth-order valence-corrected chi connectivity index (χ4v) is 1.89. The zero-order valence-electron chi connectivity index (χ0n) is 13.9. The number of rotatable bonds is 11. The van der Waals surface area contributed by atoms with Gasteiger partial charge in [-0.05, 0) is 37.6 Å². The summed E-state index contributed by atoms with van der Waals surface area (Å²) >= 11 is 0. The van der Waals surface area contributed by atoms with Gasteiger partial charge in [-0.3, -0.25) is 20.1 Å².